The second kappa shape index (κ2) is 5.40. The van der Waals surface area contributed by atoms with Gasteiger partial charge in [-0.3, -0.25) is 9.36 Å². The number of aliphatic carboxylic acids is 1. The van der Waals surface area contributed by atoms with Gasteiger partial charge in [-0.05, 0) is 6.92 Å². The third-order valence-electron chi connectivity index (χ3n) is 1.82. The molecule has 1 N–H and O–H groups in total. The van der Waals surface area contributed by atoms with Crippen molar-refractivity contribution in [1.29, 1.82) is 0 Å². The van der Waals surface area contributed by atoms with Gasteiger partial charge in [-0.2, -0.15) is 0 Å². The molecule has 0 amide bonds. The lowest BCUT2D eigenvalue weighted by atomic mass is 10.2. The van der Waals surface area contributed by atoms with Crippen molar-refractivity contribution in [2.75, 3.05) is 18.9 Å². The Bertz CT molecular complexity index is 214. The van der Waals surface area contributed by atoms with Gasteiger partial charge >= 0.3 is 5.97 Å². The fourth-order valence-electron chi connectivity index (χ4n) is 1.00. The summed E-state index contributed by atoms with van der Waals surface area (Å²) < 4.78 is 16.9. The van der Waals surface area contributed by atoms with Crippen LogP contribution in [0, 0.1) is 5.92 Å². The molecule has 0 rings (SSSR count). The summed E-state index contributed by atoms with van der Waals surface area (Å²) in [4.78, 5) is 10.5. The van der Waals surface area contributed by atoms with Crippen LogP contribution in [0.25, 0.3) is 0 Å². The van der Waals surface area contributed by atoms with Crippen molar-refractivity contribution in [2.24, 2.45) is 5.92 Å². The quantitative estimate of drug-likeness (QED) is 0.678. The van der Waals surface area contributed by atoms with Gasteiger partial charge in [0.1, 0.15) is 0 Å². The first-order valence-electron chi connectivity index (χ1n) is 4.40. The van der Waals surface area contributed by atoms with Crippen LogP contribution in [-0.4, -0.2) is 30.0 Å². The average molecular weight is 208 g/mol. The zero-order valence-electron chi connectivity index (χ0n) is 8.32. The molecular formula is C8H17O4P. The topological polar surface area (TPSA) is 63.6 Å². The maximum atomic E-state index is 11.8. The van der Waals surface area contributed by atoms with Crippen LogP contribution in [0.15, 0.2) is 0 Å². The molecule has 0 bridgehead atoms. The molecule has 0 radical (unpaired) electrons. The summed E-state index contributed by atoms with van der Waals surface area (Å²) in [7, 11) is -2.69. The van der Waals surface area contributed by atoms with Crippen LogP contribution >= 0.6 is 7.37 Å². The highest BCUT2D eigenvalue weighted by atomic mass is 31.2. The van der Waals surface area contributed by atoms with E-state index in [0.717, 1.165) is 0 Å². The summed E-state index contributed by atoms with van der Waals surface area (Å²) >= 11 is 0. The molecule has 4 nitrogen and oxygen atoms in total. The van der Waals surface area contributed by atoms with Gasteiger partial charge in [0.15, 0.2) is 0 Å². The smallest absolute Gasteiger partial charge is 0.306 e. The molecule has 0 aromatic carbocycles. The highest BCUT2D eigenvalue weighted by molar-refractivity contribution is 7.59. The van der Waals surface area contributed by atoms with Gasteiger partial charge in [0.25, 0.3) is 0 Å². The molecular weight excluding hydrogens is 191 g/mol. The van der Waals surface area contributed by atoms with E-state index in [9.17, 15) is 9.36 Å². The molecule has 0 aromatic heterocycles. The molecule has 2 atom stereocenters. The lowest BCUT2D eigenvalue weighted by Crippen LogP contribution is -2.15. The summed E-state index contributed by atoms with van der Waals surface area (Å²) in [6, 6.07) is 0. The molecule has 5 heteroatoms. The molecule has 0 fully saturated rings. The average Bonchev–Trinajstić information content (AvgIpc) is 2.04. The SMILES string of the molecule is CCOP(=O)(CC)CC(C)C(=O)O. The second-order valence-electron chi connectivity index (χ2n) is 2.97. The summed E-state index contributed by atoms with van der Waals surface area (Å²) in [6.07, 6.45) is 0.533. The summed E-state index contributed by atoms with van der Waals surface area (Å²) in [5.74, 6) is -1.52. The highest BCUT2D eigenvalue weighted by Crippen LogP contribution is 2.47. The van der Waals surface area contributed by atoms with Crippen molar-refractivity contribution >= 4 is 13.3 Å². The van der Waals surface area contributed by atoms with Crippen molar-refractivity contribution in [3.8, 4) is 0 Å². The van der Waals surface area contributed by atoms with Gasteiger partial charge in [0.2, 0.25) is 7.37 Å². The maximum absolute atomic E-state index is 11.8. The number of hydrogen-bond donors (Lipinski definition) is 1. The van der Waals surface area contributed by atoms with E-state index in [1.54, 1.807) is 20.8 Å². The summed E-state index contributed by atoms with van der Waals surface area (Å²) in [5.41, 5.74) is 0. The minimum absolute atomic E-state index is 0.132. The first kappa shape index (κ1) is 12.7. The van der Waals surface area contributed by atoms with E-state index in [-0.39, 0.29) is 6.16 Å². The second-order valence-corrected chi connectivity index (χ2v) is 5.86. The Morgan fingerprint density at radius 1 is 1.54 bits per heavy atom. The number of hydrogen-bond acceptors (Lipinski definition) is 3. The molecule has 2 unspecified atom stereocenters. The third kappa shape index (κ3) is 4.44. The zero-order chi connectivity index (χ0) is 10.5. The predicted octanol–water partition coefficient (Wildman–Crippen LogP) is 2.04. The van der Waals surface area contributed by atoms with Crippen molar-refractivity contribution in [3.05, 3.63) is 0 Å². The third-order valence-corrected chi connectivity index (χ3v) is 4.62. The standard InChI is InChI=1S/C8H17O4P/c1-4-12-13(11,5-2)6-7(3)8(9)10/h7H,4-6H2,1-3H3,(H,9,10). The lowest BCUT2D eigenvalue weighted by molar-refractivity contribution is -0.140. The van der Waals surface area contributed by atoms with Gasteiger partial charge in [-0.25, -0.2) is 0 Å². The van der Waals surface area contributed by atoms with Crippen molar-refractivity contribution in [3.63, 3.8) is 0 Å². The van der Waals surface area contributed by atoms with Gasteiger partial charge in [0, 0.05) is 12.3 Å². The van der Waals surface area contributed by atoms with Crippen molar-refractivity contribution in [1.82, 2.24) is 0 Å². The van der Waals surface area contributed by atoms with Crippen LogP contribution < -0.4 is 0 Å². The molecule has 13 heavy (non-hydrogen) atoms. The molecule has 0 aliphatic heterocycles. The van der Waals surface area contributed by atoms with Gasteiger partial charge in [-0.1, -0.05) is 13.8 Å². The van der Waals surface area contributed by atoms with E-state index in [4.69, 9.17) is 9.63 Å². The Balaban J connectivity index is 4.27. The van der Waals surface area contributed by atoms with Gasteiger partial charge in [-0.15, -0.1) is 0 Å². The molecule has 0 saturated heterocycles. The molecule has 0 spiro atoms. The Labute approximate surface area is 78.7 Å². The molecule has 0 heterocycles. The number of carbonyl (C=O) groups is 1. The minimum atomic E-state index is -2.69. The van der Waals surface area contributed by atoms with Crippen LogP contribution in [0.2, 0.25) is 0 Å². The largest absolute Gasteiger partial charge is 0.481 e. The molecule has 0 aromatic rings. The Morgan fingerprint density at radius 3 is 2.38 bits per heavy atom. The van der Waals surface area contributed by atoms with Crippen LogP contribution in [0.3, 0.4) is 0 Å². The molecule has 0 saturated carbocycles. The van der Waals surface area contributed by atoms with E-state index in [1.807, 2.05) is 0 Å². The molecule has 0 aliphatic rings. The normalized spacial score (nSPS) is 17.8. The van der Waals surface area contributed by atoms with Crippen LogP contribution in [0.1, 0.15) is 20.8 Å². The predicted molar refractivity (Wildman–Crippen MR) is 51.4 cm³/mol. The Kier molecular flexibility index (Phi) is 5.26. The Hall–Kier alpha value is -0.340. The van der Waals surface area contributed by atoms with Crippen molar-refractivity contribution in [2.45, 2.75) is 20.8 Å². The minimum Gasteiger partial charge on any atom is -0.481 e. The van der Waals surface area contributed by atoms with E-state index in [0.29, 0.717) is 12.8 Å². The first-order chi connectivity index (χ1) is 5.95. The summed E-state index contributed by atoms with van der Waals surface area (Å²) in [5, 5.41) is 8.63. The van der Waals surface area contributed by atoms with Crippen LogP contribution in [-0.2, 0) is 13.9 Å². The summed E-state index contributed by atoms with van der Waals surface area (Å²) in [6.45, 7) is 5.43. The molecule has 0 aliphatic carbocycles. The van der Waals surface area contributed by atoms with E-state index in [1.165, 1.54) is 0 Å². The molecule has 78 valence electrons. The highest BCUT2D eigenvalue weighted by Gasteiger charge is 2.26. The Morgan fingerprint density at radius 2 is 2.08 bits per heavy atom. The number of carboxylic acid groups (broad SMARTS) is 1. The van der Waals surface area contributed by atoms with E-state index < -0.39 is 19.3 Å². The van der Waals surface area contributed by atoms with Crippen LogP contribution in [0.4, 0.5) is 0 Å². The van der Waals surface area contributed by atoms with E-state index >= 15 is 0 Å². The first-order valence-corrected chi connectivity index (χ1v) is 6.40. The van der Waals surface area contributed by atoms with Gasteiger partial charge in [0.05, 0.1) is 12.5 Å². The fourth-order valence-corrected chi connectivity index (χ4v) is 3.01. The van der Waals surface area contributed by atoms with E-state index in [2.05, 4.69) is 0 Å². The van der Waals surface area contributed by atoms with Crippen molar-refractivity contribution < 1.29 is 19.0 Å². The lowest BCUT2D eigenvalue weighted by Gasteiger charge is -2.17. The number of carboxylic acids is 1. The van der Waals surface area contributed by atoms with Gasteiger partial charge < -0.3 is 9.63 Å². The zero-order valence-corrected chi connectivity index (χ0v) is 9.21. The van der Waals surface area contributed by atoms with Crippen LogP contribution in [0.5, 0.6) is 0 Å². The fraction of sp³-hybridized carbons (Fsp3) is 0.875. The number of rotatable bonds is 6. The maximum Gasteiger partial charge on any atom is 0.306 e. The monoisotopic (exact) mass is 208 g/mol.